The number of ether oxygens (including phenoxy) is 2. The van der Waals surface area contributed by atoms with Gasteiger partial charge in [-0.05, 0) is 25.1 Å². The van der Waals surface area contributed by atoms with Crippen molar-refractivity contribution in [2.45, 2.75) is 6.92 Å². The molecule has 0 fully saturated rings. The Labute approximate surface area is 128 Å². The lowest BCUT2D eigenvalue weighted by atomic mass is 10.2. The summed E-state index contributed by atoms with van der Waals surface area (Å²) in [7, 11) is 3.18. The normalized spacial score (nSPS) is 10.0. The third-order valence-electron chi connectivity index (χ3n) is 2.76. The third kappa shape index (κ3) is 3.57. The second-order valence-corrected chi connectivity index (χ2v) is 4.71. The van der Waals surface area contributed by atoms with Crippen LogP contribution in [0.2, 0.25) is 0 Å². The molecule has 3 N–H and O–H groups in total. The van der Waals surface area contributed by atoms with E-state index in [1.165, 1.54) is 0 Å². The average molecular weight is 304 g/mol. The number of methoxy groups -OCH3 is 2. The van der Waals surface area contributed by atoms with E-state index in [0.717, 1.165) is 11.4 Å². The van der Waals surface area contributed by atoms with Gasteiger partial charge in [0.2, 0.25) is 5.95 Å². The van der Waals surface area contributed by atoms with E-state index < -0.39 is 0 Å². The minimum absolute atomic E-state index is 0.227. The molecule has 0 saturated carbocycles. The molecule has 0 bridgehead atoms. The van der Waals surface area contributed by atoms with E-state index in [2.05, 4.69) is 15.3 Å². The highest BCUT2D eigenvalue weighted by atomic mass is 32.1. The van der Waals surface area contributed by atoms with Crippen molar-refractivity contribution in [3.05, 3.63) is 35.7 Å². The van der Waals surface area contributed by atoms with Crippen LogP contribution in [-0.4, -0.2) is 29.2 Å². The molecule has 1 heterocycles. The molecule has 21 heavy (non-hydrogen) atoms. The molecule has 0 unspecified atom stereocenters. The number of nitrogens with one attached hydrogen (secondary N) is 1. The molecule has 1 aromatic carbocycles. The summed E-state index contributed by atoms with van der Waals surface area (Å²) in [6.45, 7) is 1.85. The summed E-state index contributed by atoms with van der Waals surface area (Å²) in [6, 6.07) is 7.14. The van der Waals surface area contributed by atoms with Crippen molar-refractivity contribution in [3.63, 3.8) is 0 Å². The molecule has 2 aromatic rings. The largest absolute Gasteiger partial charge is 0.497 e. The highest BCUT2D eigenvalue weighted by Gasteiger charge is 2.09. The number of aryl methyl sites for hydroxylation is 1. The van der Waals surface area contributed by atoms with Crippen molar-refractivity contribution < 1.29 is 9.47 Å². The molecule has 0 radical (unpaired) electrons. The van der Waals surface area contributed by atoms with Crippen LogP contribution in [-0.2, 0) is 0 Å². The van der Waals surface area contributed by atoms with Crippen molar-refractivity contribution >= 4 is 28.8 Å². The number of aromatic nitrogens is 2. The molecule has 0 atom stereocenters. The lowest BCUT2D eigenvalue weighted by molar-refractivity contribution is 0.395. The van der Waals surface area contributed by atoms with Crippen LogP contribution in [0.1, 0.15) is 11.4 Å². The highest BCUT2D eigenvalue weighted by Crippen LogP contribution is 2.30. The number of hydrogen-bond donors (Lipinski definition) is 2. The van der Waals surface area contributed by atoms with Gasteiger partial charge in [-0.15, -0.1) is 0 Å². The van der Waals surface area contributed by atoms with Crippen LogP contribution < -0.4 is 20.5 Å². The Balaban J connectivity index is 2.35. The van der Waals surface area contributed by atoms with Crippen molar-refractivity contribution in [2.24, 2.45) is 5.73 Å². The zero-order chi connectivity index (χ0) is 15.4. The van der Waals surface area contributed by atoms with Crippen LogP contribution in [0, 0.1) is 6.92 Å². The van der Waals surface area contributed by atoms with Gasteiger partial charge in [0, 0.05) is 11.8 Å². The number of nitrogens with zero attached hydrogens (tertiary/aromatic N) is 2. The van der Waals surface area contributed by atoms with Crippen molar-refractivity contribution in [1.82, 2.24) is 9.97 Å². The van der Waals surface area contributed by atoms with E-state index >= 15 is 0 Å². The molecule has 0 aliphatic rings. The minimum Gasteiger partial charge on any atom is -0.497 e. The molecule has 1 aromatic heterocycles. The first-order valence-electron chi connectivity index (χ1n) is 6.18. The Bertz CT molecular complexity index is 676. The van der Waals surface area contributed by atoms with Crippen molar-refractivity contribution in [2.75, 3.05) is 19.5 Å². The topological polar surface area (TPSA) is 82.3 Å². The van der Waals surface area contributed by atoms with Crippen LogP contribution in [0.15, 0.2) is 24.3 Å². The molecule has 7 heteroatoms. The lowest BCUT2D eigenvalue weighted by Gasteiger charge is -2.12. The molecule has 0 aliphatic heterocycles. The second kappa shape index (κ2) is 6.36. The van der Waals surface area contributed by atoms with Gasteiger partial charge in [0.05, 0.1) is 19.9 Å². The van der Waals surface area contributed by atoms with Gasteiger partial charge in [-0.25, -0.2) is 9.97 Å². The van der Waals surface area contributed by atoms with Gasteiger partial charge in [-0.3, -0.25) is 0 Å². The van der Waals surface area contributed by atoms with Crippen molar-refractivity contribution in [3.8, 4) is 11.5 Å². The predicted molar refractivity (Wildman–Crippen MR) is 85.5 cm³/mol. The van der Waals surface area contributed by atoms with E-state index in [9.17, 15) is 0 Å². The summed E-state index contributed by atoms with van der Waals surface area (Å²) in [5.41, 5.74) is 7.62. The second-order valence-electron chi connectivity index (χ2n) is 4.27. The SMILES string of the molecule is COc1ccc(Nc2nc(C)cc(C(N)=S)n2)c(OC)c1. The van der Waals surface area contributed by atoms with Gasteiger partial charge in [0.1, 0.15) is 22.2 Å². The van der Waals surface area contributed by atoms with E-state index in [1.54, 1.807) is 26.4 Å². The number of hydrogen-bond acceptors (Lipinski definition) is 6. The van der Waals surface area contributed by atoms with E-state index in [-0.39, 0.29) is 4.99 Å². The first kappa shape index (κ1) is 15.0. The maximum absolute atomic E-state index is 5.61. The standard InChI is InChI=1S/C14H16N4O2S/c1-8-6-11(13(15)21)18-14(16-8)17-10-5-4-9(19-2)7-12(10)20-3/h4-7H,1-3H3,(H2,15,21)(H,16,17,18). The molecule has 2 rings (SSSR count). The Morgan fingerprint density at radius 1 is 1.19 bits per heavy atom. The number of nitrogens with two attached hydrogens (primary N) is 1. The maximum Gasteiger partial charge on any atom is 0.228 e. The third-order valence-corrected chi connectivity index (χ3v) is 2.97. The molecule has 0 spiro atoms. The summed E-state index contributed by atoms with van der Waals surface area (Å²) in [5, 5.41) is 3.09. The molecule has 6 nitrogen and oxygen atoms in total. The summed E-state index contributed by atoms with van der Waals surface area (Å²) in [6.07, 6.45) is 0. The van der Waals surface area contributed by atoms with Crippen LogP contribution in [0.3, 0.4) is 0 Å². The molecule has 110 valence electrons. The predicted octanol–water partition coefficient (Wildman–Crippen LogP) is 2.18. The number of rotatable bonds is 5. The fraction of sp³-hybridized carbons (Fsp3) is 0.214. The summed E-state index contributed by atoms with van der Waals surface area (Å²) in [4.78, 5) is 8.80. The number of anilines is 2. The van der Waals surface area contributed by atoms with Gasteiger partial charge in [0.15, 0.2) is 0 Å². The quantitative estimate of drug-likeness (QED) is 0.819. The van der Waals surface area contributed by atoms with E-state index in [1.807, 2.05) is 19.1 Å². The average Bonchev–Trinajstić information content (AvgIpc) is 2.47. The van der Waals surface area contributed by atoms with Gasteiger partial charge in [-0.1, -0.05) is 12.2 Å². The monoisotopic (exact) mass is 304 g/mol. The molecular formula is C14H16N4O2S. The van der Waals surface area contributed by atoms with Crippen molar-refractivity contribution in [1.29, 1.82) is 0 Å². The zero-order valence-electron chi connectivity index (χ0n) is 12.0. The zero-order valence-corrected chi connectivity index (χ0v) is 12.8. The number of benzene rings is 1. The fourth-order valence-corrected chi connectivity index (χ4v) is 1.88. The highest BCUT2D eigenvalue weighted by molar-refractivity contribution is 7.80. The van der Waals surface area contributed by atoms with Crippen LogP contribution in [0.5, 0.6) is 11.5 Å². The minimum atomic E-state index is 0.227. The van der Waals surface area contributed by atoms with Gasteiger partial charge in [0.25, 0.3) is 0 Å². The molecular weight excluding hydrogens is 288 g/mol. The smallest absolute Gasteiger partial charge is 0.228 e. The summed E-state index contributed by atoms with van der Waals surface area (Å²) in [5.74, 6) is 1.73. The van der Waals surface area contributed by atoms with Gasteiger partial charge < -0.3 is 20.5 Å². The van der Waals surface area contributed by atoms with Gasteiger partial charge in [-0.2, -0.15) is 0 Å². The Morgan fingerprint density at radius 3 is 2.57 bits per heavy atom. The fourth-order valence-electron chi connectivity index (χ4n) is 1.77. The Morgan fingerprint density at radius 2 is 1.95 bits per heavy atom. The Hall–Kier alpha value is -2.41. The Kier molecular flexibility index (Phi) is 4.54. The van der Waals surface area contributed by atoms with Crippen LogP contribution in [0.25, 0.3) is 0 Å². The molecule has 0 saturated heterocycles. The molecule has 0 aliphatic carbocycles. The summed E-state index contributed by atoms with van der Waals surface area (Å²) < 4.78 is 10.5. The first-order chi connectivity index (χ1) is 10.0. The van der Waals surface area contributed by atoms with Gasteiger partial charge >= 0.3 is 0 Å². The first-order valence-corrected chi connectivity index (χ1v) is 6.59. The van der Waals surface area contributed by atoms with Crippen LogP contribution in [0.4, 0.5) is 11.6 Å². The van der Waals surface area contributed by atoms with E-state index in [0.29, 0.717) is 23.1 Å². The van der Waals surface area contributed by atoms with E-state index in [4.69, 9.17) is 27.4 Å². The number of thiocarbonyl (C=S) groups is 1. The summed E-state index contributed by atoms with van der Waals surface area (Å²) >= 11 is 4.95. The lowest BCUT2D eigenvalue weighted by Crippen LogP contribution is -2.14. The van der Waals surface area contributed by atoms with Crippen LogP contribution >= 0.6 is 12.2 Å². The maximum atomic E-state index is 5.61. The molecule has 0 amide bonds.